The molecule has 0 fully saturated rings. The van der Waals surface area contributed by atoms with Gasteiger partial charge in [-0.1, -0.05) is 81.4 Å². The number of nitrogens with zero attached hydrogens (tertiary/aromatic N) is 1. The van der Waals surface area contributed by atoms with Gasteiger partial charge in [-0.3, -0.25) is 9.62 Å². The lowest BCUT2D eigenvalue weighted by Crippen LogP contribution is -2.32. The SMILES string of the molecule is CC(C)(C)c1ccc(CCN2CCc3cc(S(=O)(=O)Nc4ccc(OCCCCc5ccccc5)cc4F)ccc3C2)cc1. The van der Waals surface area contributed by atoms with Crippen LogP contribution in [-0.4, -0.2) is 33.0 Å². The number of rotatable bonds is 12. The molecule has 1 heterocycles. The van der Waals surface area contributed by atoms with E-state index < -0.39 is 15.8 Å². The first kappa shape index (κ1) is 31.7. The Morgan fingerprint density at radius 1 is 0.841 bits per heavy atom. The number of fused-ring (bicyclic) bond motifs is 1. The largest absolute Gasteiger partial charge is 0.493 e. The summed E-state index contributed by atoms with van der Waals surface area (Å²) >= 11 is 0. The summed E-state index contributed by atoms with van der Waals surface area (Å²) in [7, 11) is -3.95. The lowest BCUT2D eigenvalue weighted by atomic mass is 9.86. The van der Waals surface area contributed by atoms with Crippen molar-refractivity contribution in [3.05, 3.63) is 125 Å². The Morgan fingerprint density at radius 2 is 1.59 bits per heavy atom. The van der Waals surface area contributed by atoms with Crippen molar-refractivity contribution >= 4 is 15.7 Å². The third-order valence-electron chi connectivity index (χ3n) is 8.27. The number of sulfonamides is 1. The van der Waals surface area contributed by atoms with Gasteiger partial charge in [0, 0.05) is 25.7 Å². The highest BCUT2D eigenvalue weighted by Crippen LogP contribution is 2.27. The quantitative estimate of drug-likeness (QED) is 0.165. The monoisotopic (exact) mass is 614 g/mol. The molecule has 7 heteroatoms. The van der Waals surface area contributed by atoms with Crippen LogP contribution < -0.4 is 9.46 Å². The lowest BCUT2D eigenvalue weighted by Gasteiger charge is -2.29. The first-order valence-corrected chi connectivity index (χ1v) is 17.0. The summed E-state index contributed by atoms with van der Waals surface area (Å²) in [5, 5.41) is 0. The minimum Gasteiger partial charge on any atom is -0.493 e. The maximum absolute atomic E-state index is 14.9. The number of ether oxygens (including phenoxy) is 1. The average molecular weight is 615 g/mol. The molecule has 5 nitrogen and oxygen atoms in total. The molecule has 4 aromatic rings. The van der Waals surface area contributed by atoms with Gasteiger partial charge in [0.05, 0.1) is 17.2 Å². The zero-order chi connectivity index (χ0) is 31.2. The second-order valence-corrected chi connectivity index (χ2v) is 14.4. The van der Waals surface area contributed by atoms with E-state index in [0.29, 0.717) is 12.4 Å². The molecule has 1 aliphatic heterocycles. The number of nitrogens with one attached hydrogen (secondary N) is 1. The molecule has 0 aromatic heterocycles. The van der Waals surface area contributed by atoms with Gasteiger partial charge >= 0.3 is 0 Å². The molecule has 0 saturated carbocycles. The van der Waals surface area contributed by atoms with E-state index in [1.54, 1.807) is 18.2 Å². The summed E-state index contributed by atoms with van der Waals surface area (Å²) < 4.78 is 49.3. The van der Waals surface area contributed by atoms with Gasteiger partial charge in [-0.25, -0.2) is 12.8 Å². The third kappa shape index (κ3) is 8.48. The fraction of sp³-hybridized carbons (Fsp3) is 0.351. The van der Waals surface area contributed by atoms with E-state index in [4.69, 9.17) is 4.74 Å². The van der Waals surface area contributed by atoms with Gasteiger partial charge in [0.25, 0.3) is 10.0 Å². The van der Waals surface area contributed by atoms with Crippen LogP contribution in [0.1, 0.15) is 61.4 Å². The average Bonchev–Trinajstić information content (AvgIpc) is 3.01. The zero-order valence-electron chi connectivity index (χ0n) is 26.0. The van der Waals surface area contributed by atoms with E-state index in [9.17, 15) is 12.8 Å². The number of aryl methyl sites for hydroxylation is 1. The number of halogens is 1. The van der Waals surface area contributed by atoms with E-state index >= 15 is 0 Å². The van der Waals surface area contributed by atoms with Gasteiger partial charge in [-0.05, 0) is 89.6 Å². The number of hydrogen-bond acceptors (Lipinski definition) is 4. The van der Waals surface area contributed by atoms with Crippen LogP contribution in [0.3, 0.4) is 0 Å². The van der Waals surface area contributed by atoms with Gasteiger partial charge in [0.2, 0.25) is 0 Å². The van der Waals surface area contributed by atoms with Gasteiger partial charge in [0.1, 0.15) is 5.75 Å². The summed E-state index contributed by atoms with van der Waals surface area (Å²) in [6.45, 7) is 9.74. The second-order valence-electron chi connectivity index (χ2n) is 12.7. The summed E-state index contributed by atoms with van der Waals surface area (Å²) in [4.78, 5) is 2.55. The first-order chi connectivity index (χ1) is 21.1. The van der Waals surface area contributed by atoms with Crippen LogP contribution in [0.5, 0.6) is 5.75 Å². The van der Waals surface area contributed by atoms with Crippen molar-refractivity contribution in [3.63, 3.8) is 0 Å². The van der Waals surface area contributed by atoms with Crippen LogP contribution in [0.2, 0.25) is 0 Å². The van der Waals surface area contributed by atoms with E-state index in [1.165, 1.54) is 28.8 Å². The van der Waals surface area contributed by atoms with Crippen LogP contribution in [0.25, 0.3) is 0 Å². The number of benzene rings is 4. The molecule has 5 rings (SSSR count). The molecule has 0 amide bonds. The zero-order valence-corrected chi connectivity index (χ0v) is 26.8. The molecule has 0 spiro atoms. The number of unbranched alkanes of at least 4 members (excludes halogenated alkanes) is 1. The molecule has 0 atom stereocenters. The maximum atomic E-state index is 14.9. The van der Waals surface area contributed by atoms with Crippen molar-refractivity contribution in [1.82, 2.24) is 4.90 Å². The van der Waals surface area contributed by atoms with Crippen LogP contribution in [0, 0.1) is 5.82 Å². The van der Waals surface area contributed by atoms with Crippen molar-refractivity contribution < 1.29 is 17.5 Å². The smallest absolute Gasteiger partial charge is 0.261 e. The lowest BCUT2D eigenvalue weighted by molar-refractivity contribution is 0.257. The van der Waals surface area contributed by atoms with E-state index in [0.717, 1.165) is 62.9 Å². The molecule has 232 valence electrons. The fourth-order valence-corrected chi connectivity index (χ4v) is 6.66. The van der Waals surface area contributed by atoms with Crippen molar-refractivity contribution in [2.75, 3.05) is 24.4 Å². The van der Waals surface area contributed by atoms with E-state index in [1.807, 2.05) is 24.3 Å². The van der Waals surface area contributed by atoms with Crippen LogP contribution in [-0.2, 0) is 41.2 Å². The maximum Gasteiger partial charge on any atom is 0.261 e. The summed E-state index contributed by atoms with van der Waals surface area (Å²) in [5.74, 6) is -0.289. The predicted octanol–water partition coefficient (Wildman–Crippen LogP) is 7.93. The molecule has 1 aliphatic rings. The standard InChI is InChI=1S/C37H43FN2O3S/c1-37(2,3)32-15-12-29(13-16-32)20-22-40-23-21-30-25-34(18-14-31(30)27-40)44(41,42)39-36-19-17-33(26-35(36)38)43-24-8-7-11-28-9-5-4-6-10-28/h4-6,9-10,12-19,25-26,39H,7-8,11,20-24,27H2,1-3H3. The summed E-state index contributed by atoms with van der Waals surface area (Å²) in [6, 6.07) is 28.6. The van der Waals surface area contributed by atoms with Gasteiger partial charge < -0.3 is 4.74 Å². The third-order valence-corrected chi connectivity index (χ3v) is 9.64. The Bertz CT molecular complexity index is 1650. The van der Waals surface area contributed by atoms with Gasteiger partial charge in [0.15, 0.2) is 5.82 Å². The van der Waals surface area contributed by atoms with Crippen LogP contribution >= 0.6 is 0 Å². The van der Waals surface area contributed by atoms with Crippen molar-refractivity contribution in [1.29, 1.82) is 0 Å². The normalized spacial score (nSPS) is 13.8. The predicted molar refractivity (Wildman–Crippen MR) is 176 cm³/mol. The molecule has 0 radical (unpaired) electrons. The fourth-order valence-electron chi connectivity index (χ4n) is 5.54. The Kier molecular flexibility index (Phi) is 10.1. The molecular weight excluding hydrogens is 571 g/mol. The molecule has 0 saturated heterocycles. The van der Waals surface area contributed by atoms with Crippen molar-refractivity contribution in [2.45, 2.75) is 69.7 Å². The summed E-state index contributed by atoms with van der Waals surface area (Å²) in [5.41, 5.74) is 6.15. The highest BCUT2D eigenvalue weighted by atomic mass is 32.2. The Balaban J connectivity index is 1.12. The molecule has 0 aliphatic carbocycles. The molecular formula is C37H43FN2O3S. The molecule has 44 heavy (non-hydrogen) atoms. The first-order valence-electron chi connectivity index (χ1n) is 15.5. The highest BCUT2D eigenvalue weighted by Gasteiger charge is 2.22. The molecule has 0 unspecified atom stereocenters. The van der Waals surface area contributed by atoms with E-state index in [2.05, 4.69) is 66.8 Å². The number of hydrogen-bond donors (Lipinski definition) is 1. The summed E-state index contributed by atoms with van der Waals surface area (Å²) in [6.07, 6.45) is 4.52. The van der Waals surface area contributed by atoms with Gasteiger partial charge in [-0.2, -0.15) is 0 Å². The second kappa shape index (κ2) is 14.0. The molecule has 4 aromatic carbocycles. The Morgan fingerprint density at radius 3 is 2.32 bits per heavy atom. The molecule has 0 bridgehead atoms. The van der Waals surface area contributed by atoms with Gasteiger partial charge in [-0.15, -0.1) is 0 Å². The van der Waals surface area contributed by atoms with Crippen LogP contribution in [0.4, 0.5) is 10.1 Å². The van der Waals surface area contributed by atoms with E-state index in [-0.39, 0.29) is 16.0 Å². The Hall–Kier alpha value is -3.68. The Labute approximate surface area is 262 Å². The highest BCUT2D eigenvalue weighted by molar-refractivity contribution is 7.92. The minimum atomic E-state index is -3.95. The van der Waals surface area contributed by atoms with Crippen molar-refractivity contribution in [3.8, 4) is 5.75 Å². The topological polar surface area (TPSA) is 58.6 Å². The van der Waals surface area contributed by atoms with Crippen molar-refractivity contribution in [2.24, 2.45) is 0 Å². The number of anilines is 1. The minimum absolute atomic E-state index is 0.0964. The molecule has 1 N–H and O–H groups in total. The van der Waals surface area contributed by atoms with Crippen LogP contribution in [0.15, 0.2) is 95.9 Å².